The second kappa shape index (κ2) is 7.66. The summed E-state index contributed by atoms with van der Waals surface area (Å²) in [5.41, 5.74) is 1.09. The molecule has 2 heterocycles. The fourth-order valence-electron chi connectivity index (χ4n) is 3.90. The summed E-state index contributed by atoms with van der Waals surface area (Å²) >= 11 is 0. The van der Waals surface area contributed by atoms with Crippen LogP contribution in [0.3, 0.4) is 0 Å². The smallest absolute Gasteiger partial charge is 0.245 e. The van der Waals surface area contributed by atoms with E-state index < -0.39 is 6.04 Å². The van der Waals surface area contributed by atoms with Crippen molar-refractivity contribution in [1.29, 1.82) is 0 Å². The van der Waals surface area contributed by atoms with Gasteiger partial charge in [0.15, 0.2) is 0 Å². The van der Waals surface area contributed by atoms with Crippen LogP contribution in [0.4, 0.5) is 0 Å². The number of phenolic OH excluding ortho intramolecular Hbond substituents is 1. The number of carbonyl (C=O) groups is 2. The van der Waals surface area contributed by atoms with Crippen LogP contribution in [0.5, 0.6) is 5.75 Å². The van der Waals surface area contributed by atoms with Crippen LogP contribution in [0.25, 0.3) is 0 Å². The van der Waals surface area contributed by atoms with Gasteiger partial charge in [0.2, 0.25) is 11.8 Å². The molecule has 0 radical (unpaired) electrons. The van der Waals surface area contributed by atoms with Gasteiger partial charge in [0.05, 0.1) is 6.54 Å². The maximum atomic E-state index is 12.8. The highest BCUT2D eigenvalue weighted by Gasteiger charge is 2.45. The maximum absolute atomic E-state index is 12.8. The summed E-state index contributed by atoms with van der Waals surface area (Å²) in [6.45, 7) is 8.84. The van der Waals surface area contributed by atoms with Crippen molar-refractivity contribution in [2.24, 2.45) is 5.92 Å². The molecule has 0 spiro atoms. The summed E-state index contributed by atoms with van der Waals surface area (Å²) < 4.78 is 0. The third kappa shape index (κ3) is 3.70. The van der Waals surface area contributed by atoms with Crippen LogP contribution in [-0.4, -0.2) is 63.5 Å². The van der Waals surface area contributed by atoms with E-state index in [1.54, 1.807) is 17.0 Å². The van der Waals surface area contributed by atoms with Crippen LogP contribution < -0.4 is 0 Å². The summed E-state index contributed by atoms with van der Waals surface area (Å²) in [5, 5.41) is 9.48. The zero-order valence-electron chi connectivity index (χ0n) is 15.9. The lowest BCUT2D eigenvalue weighted by atomic mass is 10.0. The SMILES string of the molecule is CCC(C)CN1CC2N(Cc3ccc(O)cc3)CCC(=O)N2[C@@H](C)C1=O. The first-order chi connectivity index (χ1) is 12.4. The summed E-state index contributed by atoms with van der Waals surface area (Å²) in [6.07, 6.45) is 1.39. The number of rotatable bonds is 5. The number of nitrogens with zero attached hydrogens (tertiary/aromatic N) is 3. The van der Waals surface area contributed by atoms with Gasteiger partial charge in [-0.1, -0.05) is 32.4 Å². The Hall–Kier alpha value is -2.08. The number of phenols is 1. The number of hydrogen-bond donors (Lipinski definition) is 1. The maximum Gasteiger partial charge on any atom is 0.245 e. The van der Waals surface area contributed by atoms with E-state index in [9.17, 15) is 14.7 Å². The van der Waals surface area contributed by atoms with Gasteiger partial charge in [0.1, 0.15) is 18.0 Å². The molecule has 2 aliphatic rings. The van der Waals surface area contributed by atoms with E-state index >= 15 is 0 Å². The van der Waals surface area contributed by atoms with Crippen LogP contribution in [0.15, 0.2) is 24.3 Å². The van der Waals surface area contributed by atoms with Crippen molar-refractivity contribution in [2.75, 3.05) is 19.6 Å². The first-order valence-electron chi connectivity index (χ1n) is 9.52. The molecule has 2 unspecified atom stereocenters. The Morgan fingerprint density at radius 2 is 1.92 bits per heavy atom. The molecular weight excluding hydrogens is 330 g/mol. The zero-order chi connectivity index (χ0) is 18.8. The topological polar surface area (TPSA) is 64.1 Å². The minimum absolute atomic E-state index is 0.0568. The Morgan fingerprint density at radius 3 is 2.58 bits per heavy atom. The fraction of sp³-hybridized carbons (Fsp3) is 0.600. The molecule has 6 heteroatoms. The number of benzene rings is 1. The van der Waals surface area contributed by atoms with Crippen LogP contribution in [-0.2, 0) is 16.1 Å². The number of hydrogen-bond acceptors (Lipinski definition) is 4. The first-order valence-corrected chi connectivity index (χ1v) is 9.52. The molecule has 142 valence electrons. The second-order valence-corrected chi connectivity index (χ2v) is 7.60. The largest absolute Gasteiger partial charge is 0.508 e. The molecule has 3 rings (SSSR count). The molecule has 6 nitrogen and oxygen atoms in total. The number of fused-ring (bicyclic) bond motifs is 1. The van der Waals surface area contributed by atoms with Gasteiger partial charge < -0.3 is 14.9 Å². The molecule has 2 saturated heterocycles. The van der Waals surface area contributed by atoms with Crippen molar-refractivity contribution in [3.8, 4) is 5.75 Å². The van der Waals surface area contributed by atoms with Crippen molar-refractivity contribution >= 4 is 11.8 Å². The van der Waals surface area contributed by atoms with Crippen molar-refractivity contribution in [2.45, 2.75) is 52.4 Å². The molecule has 0 aliphatic carbocycles. The minimum atomic E-state index is -0.409. The fourth-order valence-corrected chi connectivity index (χ4v) is 3.90. The van der Waals surface area contributed by atoms with Gasteiger partial charge >= 0.3 is 0 Å². The molecule has 1 aromatic carbocycles. The number of carbonyl (C=O) groups excluding carboxylic acids is 2. The summed E-state index contributed by atoms with van der Waals surface area (Å²) in [6, 6.07) is 6.77. The average molecular weight is 359 g/mol. The molecule has 1 aromatic rings. The standard InChI is InChI=1S/C20H29N3O3/c1-4-14(2)11-22-13-18-21(12-16-5-7-17(24)8-6-16)10-9-19(25)23(18)15(3)20(22)26/h5-8,14-15,18,24H,4,9-13H2,1-3H3/t14?,15-,18?/m0/s1. The zero-order valence-corrected chi connectivity index (χ0v) is 15.9. The van der Waals surface area contributed by atoms with Gasteiger partial charge in [0, 0.05) is 26.1 Å². The van der Waals surface area contributed by atoms with Crippen molar-refractivity contribution in [3.63, 3.8) is 0 Å². The van der Waals surface area contributed by atoms with Gasteiger partial charge in [-0.2, -0.15) is 0 Å². The highest BCUT2D eigenvalue weighted by atomic mass is 16.3. The highest BCUT2D eigenvalue weighted by molar-refractivity contribution is 5.89. The quantitative estimate of drug-likeness (QED) is 0.874. The van der Waals surface area contributed by atoms with Crippen LogP contribution in [0, 0.1) is 5.92 Å². The lowest BCUT2D eigenvalue weighted by Gasteiger charge is -2.52. The van der Waals surface area contributed by atoms with E-state index in [1.165, 1.54) is 0 Å². The summed E-state index contributed by atoms with van der Waals surface area (Å²) in [4.78, 5) is 31.3. The lowest BCUT2D eigenvalue weighted by Crippen LogP contribution is -2.69. The third-order valence-corrected chi connectivity index (χ3v) is 5.66. The summed E-state index contributed by atoms with van der Waals surface area (Å²) in [5.74, 6) is 0.825. The number of aromatic hydroxyl groups is 1. The predicted molar refractivity (Wildman–Crippen MR) is 99.3 cm³/mol. The van der Waals surface area contributed by atoms with E-state index in [1.807, 2.05) is 24.0 Å². The Morgan fingerprint density at radius 1 is 1.23 bits per heavy atom. The highest BCUT2D eigenvalue weighted by Crippen LogP contribution is 2.27. The molecule has 2 aliphatic heterocycles. The normalized spacial score (nSPS) is 25.3. The Bertz CT molecular complexity index is 661. The Balaban J connectivity index is 1.80. The minimum Gasteiger partial charge on any atom is -0.508 e. The van der Waals surface area contributed by atoms with Gasteiger partial charge in [-0.15, -0.1) is 0 Å². The Kier molecular flexibility index (Phi) is 5.51. The molecule has 0 bridgehead atoms. The van der Waals surface area contributed by atoms with E-state index in [0.29, 0.717) is 32.0 Å². The van der Waals surface area contributed by atoms with Gasteiger partial charge in [-0.3, -0.25) is 14.5 Å². The molecule has 26 heavy (non-hydrogen) atoms. The summed E-state index contributed by atoms with van der Waals surface area (Å²) in [7, 11) is 0. The first kappa shape index (κ1) is 18.7. The van der Waals surface area contributed by atoms with Crippen LogP contribution >= 0.6 is 0 Å². The van der Waals surface area contributed by atoms with E-state index in [2.05, 4.69) is 18.7 Å². The van der Waals surface area contributed by atoms with E-state index in [4.69, 9.17) is 0 Å². The van der Waals surface area contributed by atoms with Gasteiger partial charge in [-0.25, -0.2) is 0 Å². The second-order valence-electron chi connectivity index (χ2n) is 7.60. The molecule has 2 amide bonds. The monoisotopic (exact) mass is 359 g/mol. The predicted octanol–water partition coefficient (Wildman–Crippen LogP) is 2.03. The molecule has 3 atom stereocenters. The van der Waals surface area contributed by atoms with E-state index in [-0.39, 0.29) is 23.7 Å². The van der Waals surface area contributed by atoms with E-state index in [0.717, 1.165) is 18.5 Å². The molecule has 0 aromatic heterocycles. The van der Waals surface area contributed by atoms with Gasteiger partial charge in [-0.05, 0) is 30.5 Å². The Labute approximate surface area is 155 Å². The molecular formula is C20H29N3O3. The number of amides is 2. The van der Waals surface area contributed by atoms with Crippen LogP contribution in [0.1, 0.15) is 39.2 Å². The van der Waals surface area contributed by atoms with Crippen molar-refractivity contribution < 1.29 is 14.7 Å². The van der Waals surface area contributed by atoms with Crippen molar-refractivity contribution in [1.82, 2.24) is 14.7 Å². The average Bonchev–Trinajstić information content (AvgIpc) is 2.63. The third-order valence-electron chi connectivity index (χ3n) is 5.66. The van der Waals surface area contributed by atoms with Gasteiger partial charge in [0.25, 0.3) is 0 Å². The van der Waals surface area contributed by atoms with Crippen molar-refractivity contribution in [3.05, 3.63) is 29.8 Å². The lowest BCUT2D eigenvalue weighted by molar-refractivity contribution is -0.169. The molecule has 2 fully saturated rings. The van der Waals surface area contributed by atoms with Crippen LogP contribution in [0.2, 0.25) is 0 Å². The number of piperazine rings is 1. The molecule has 1 N–H and O–H groups in total. The molecule has 0 saturated carbocycles.